The molecule has 7 nitrogen and oxygen atoms in total. The largest absolute Gasteiger partial charge is 0.462 e. The molecule has 3 rings (SSSR count). The van der Waals surface area contributed by atoms with E-state index in [0.717, 1.165) is 16.9 Å². The van der Waals surface area contributed by atoms with Crippen LogP contribution < -0.4 is 0 Å². The lowest BCUT2D eigenvalue weighted by Crippen LogP contribution is -2.07. The number of nitrogens with zero attached hydrogens (tertiary/aromatic N) is 2. The second kappa shape index (κ2) is 6.91. The summed E-state index contributed by atoms with van der Waals surface area (Å²) in [6.07, 6.45) is 1.31. The van der Waals surface area contributed by atoms with Gasteiger partial charge in [-0.25, -0.2) is 9.78 Å². The van der Waals surface area contributed by atoms with Gasteiger partial charge in [0.25, 0.3) is 5.69 Å². The lowest BCUT2D eigenvalue weighted by molar-refractivity contribution is -0.384. The molecule has 0 saturated heterocycles. The van der Waals surface area contributed by atoms with Gasteiger partial charge in [-0.2, -0.15) is 0 Å². The minimum Gasteiger partial charge on any atom is -0.462 e. The van der Waals surface area contributed by atoms with E-state index in [4.69, 9.17) is 4.74 Å². The molecule has 0 aliphatic carbocycles. The number of aryl methyl sites for hydroxylation is 1. The number of aromatic nitrogens is 2. The number of carbonyl (C=O) groups excluding carboxylic acids is 1. The zero-order valence-electron chi connectivity index (χ0n) is 12.8. The van der Waals surface area contributed by atoms with E-state index >= 15 is 0 Å². The molecule has 7 heteroatoms. The van der Waals surface area contributed by atoms with Crippen LogP contribution in [0.15, 0.2) is 48.5 Å². The number of nitrogens with one attached hydrogen (secondary N) is 1. The maximum absolute atomic E-state index is 11.9. The highest BCUT2D eigenvalue weighted by molar-refractivity contribution is 5.89. The Balaban J connectivity index is 1.48. The number of nitro groups is 1. The van der Waals surface area contributed by atoms with E-state index in [-0.39, 0.29) is 12.3 Å². The average molecular weight is 325 g/mol. The number of hydrogen-bond acceptors (Lipinski definition) is 5. The molecular formula is C17H15N3O4. The van der Waals surface area contributed by atoms with Crippen LogP contribution in [0.1, 0.15) is 22.6 Å². The number of non-ortho nitro benzene ring substituents is 1. The van der Waals surface area contributed by atoms with Gasteiger partial charge < -0.3 is 9.72 Å². The molecule has 122 valence electrons. The Morgan fingerprint density at radius 2 is 1.92 bits per heavy atom. The number of esters is 1. The minimum atomic E-state index is -0.511. The number of benzene rings is 2. The van der Waals surface area contributed by atoms with Crippen LogP contribution in [0.25, 0.3) is 11.0 Å². The number of imidazole rings is 1. The molecule has 1 aromatic heterocycles. The Bertz CT molecular complexity index is 838. The Labute approximate surface area is 137 Å². The summed E-state index contributed by atoms with van der Waals surface area (Å²) in [6.45, 7) is 0.257. The molecule has 0 aliphatic rings. The molecule has 0 fully saturated rings. The molecule has 24 heavy (non-hydrogen) atoms. The number of para-hydroxylation sites is 2. The van der Waals surface area contributed by atoms with Crippen molar-refractivity contribution < 1.29 is 14.5 Å². The second-order valence-corrected chi connectivity index (χ2v) is 5.24. The van der Waals surface area contributed by atoms with Gasteiger partial charge in [-0.1, -0.05) is 12.1 Å². The van der Waals surface area contributed by atoms with Crippen LogP contribution in [-0.2, 0) is 11.2 Å². The number of fused-ring (bicyclic) bond motifs is 1. The van der Waals surface area contributed by atoms with Crippen molar-refractivity contribution in [2.24, 2.45) is 0 Å². The SMILES string of the molecule is O=C(OCCCc1nc2ccccc2[nH]1)c1ccc([N+](=O)[O-])cc1. The van der Waals surface area contributed by atoms with Gasteiger partial charge in [0.15, 0.2) is 0 Å². The molecule has 0 aliphatic heterocycles. The van der Waals surface area contributed by atoms with Crippen molar-refractivity contribution >= 4 is 22.7 Å². The number of H-pyrrole nitrogens is 1. The Morgan fingerprint density at radius 1 is 1.17 bits per heavy atom. The van der Waals surface area contributed by atoms with E-state index in [1.54, 1.807) is 0 Å². The predicted octanol–water partition coefficient (Wildman–Crippen LogP) is 3.26. The lowest BCUT2D eigenvalue weighted by Gasteiger charge is -2.04. The van der Waals surface area contributed by atoms with Crippen LogP contribution in [0.4, 0.5) is 5.69 Å². The van der Waals surface area contributed by atoms with E-state index < -0.39 is 10.9 Å². The van der Waals surface area contributed by atoms with Gasteiger partial charge in [-0.15, -0.1) is 0 Å². The summed E-state index contributed by atoms with van der Waals surface area (Å²) in [4.78, 5) is 29.6. The topological polar surface area (TPSA) is 98.1 Å². The van der Waals surface area contributed by atoms with Gasteiger partial charge in [-0.3, -0.25) is 10.1 Å². The predicted molar refractivity (Wildman–Crippen MR) is 87.8 cm³/mol. The third-order valence-electron chi connectivity index (χ3n) is 3.54. The van der Waals surface area contributed by atoms with Crippen molar-refractivity contribution in [2.75, 3.05) is 6.61 Å². The van der Waals surface area contributed by atoms with Crippen LogP contribution in [0.3, 0.4) is 0 Å². The van der Waals surface area contributed by atoms with Crippen molar-refractivity contribution in [3.63, 3.8) is 0 Å². The van der Waals surface area contributed by atoms with E-state index in [9.17, 15) is 14.9 Å². The highest BCUT2D eigenvalue weighted by Gasteiger charge is 2.10. The van der Waals surface area contributed by atoms with Gasteiger partial charge in [0, 0.05) is 18.6 Å². The molecule has 0 saturated carbocycles. The van der Waals surface area contributed by atoms with E-state index in [1.807, 2.05) is 24.3 Å². The summed E-state index contributed by atoms with van der Waals surface area (Å²) in [6, 6.07) is 13.1. The zero-order valence-corrected chi connectivity index (χ0v) is 12.8. The first-order valence-electron chi connectivity index (χ1n) is 7.49. The van der Waals surface area contributed by atoms with E-state index in [1.165, 1.54) is 24.3 Å². The number of carbonyl (C=O) groups is 1. The molecule has 0 radical (unpaired) electrons. The summed E-state index contributed by atoms with van der Waals surface area (Å²) < 4.78 is 5.17. The Kier molecular flexibility index (Phi) is 4.51. The highest BCUT2D eigenvalue weighted by atomic mass is 16.6. The zero-order chi connectivity index (χ0) is 16.9. The highest BCUT2D eigenvalue weighted by Crippen LogP contribution is 2.13. The number of aromatic amines is 1. The Morgan fingerprint density at radius 3 is 2.62 bits per heavy atom. The molecular weight excluding hydrogens is 310 g/mol. The van der Waals surface area contributed by atoms with Gasteiger partial charge in [0.2, 0.25) is 0 Å². The number of hydrogen-bond donors (Lipinski definition) is 1. The normalized spacial score (nSPS) is 10.7. The van der Waals surface area contributed by atoms with E-state index in [0.29, 0.717) is 18.4 Å². The lowest BCUT2D eigenvalue weighted by atomic mass is 10.2. The third-order valence-corrected chi connectivity index (χ3v) is 3.54. The average Bonchev–Trinajstić information content (AvgIpc) is 3.01. The molecule has 2 aromatic carbocycles. The molecule has 0 spiro atoms. The summed E-state index contributed by atoms with van der Waals surface area (Å²) >= 11 is 0. The van der Waals surface area contributed by atoms with Crippen LogP contribution >= 0.6 is 0 Å². The standard InChI is InChI=1S/C17H15N3O4/c21-17(12-7-9-13(10-8-12)20(22)23)24-11-3-6-16-18-14-4-1-2-5-15(14)19-16/h1-2,4-5,7-10H,3,6,11H2,(H,18,19). The molecule has 0 unspecified atom stereocenters. The smallest absolute Gasteiger partial charge is 0.338 e. The first-order valence-corrected chi connectivity index (χ1v) is 7.49. The van der Waals surface area contributed by atoms with Gasteiger partial charge in [0.05, 0.1) is 28.1 Å². The summed E-state index contributed by atoms with van der Waals surface area (Å²) in [7, 11) is 0. The molecule has 3 aromatic rings. The number of ether oxygens (including phenoxy) is 1. The minimum absolute atomic E-state index is 0.0589. The maximum atomic E-state index is 11.9. The number of nitro benzene ring substituents is 1. The van der Waals surface area contributed by atoms with Crippen molar-refractivity contribution in [3.8, 4) is 0 Å². The van der Waals surface area contributed by atoms with E-state index in [2.05, 4.69) is 9.97 Å². The second-order valence-electron chi connectivity index (χ2n) is 5.24. The summed E-state index contributed by atoms with van der Waals surface area (Å²) in [5.41, 5.74) is 2.13. The first kappa shape index (κ1) is 15.7. The molecule has 0 amide bonds. The van der Waals surface area contributed by atoms with Crippen LogP contribution in [0, 0.1) is 10.1 Å². The Hall–Kier alpha value is -3.22. The van der Waals surface area contributed by atoms with Crippen LogP contribution in [0.2, 0.25) is 0 Å². The van der Waals surface area contributed by atoms with Gasteiger partial charge >= 0.3 is 5.97 Å². The van der Waals surface area contributed by atoms with Gasteiger partial charge in [-0.05, 0) is 30.7 Å². The third kappa shape index (κ3) is 3.57. The number of rotatable bonds is 6. The fourth-order valence-electron chi connectivity index (χ4n) is 2.33. The fraction of sp³-hybridized carbons (Fsp3) is 0.176. The van der Waals surface area contributed by atoms with Crippen LogP contribution in [0.5, 0.6) is 0 Å². The molecule has 1 heterocycles. The molecule has 0 bridgehead atoms. The van der Waals surface area contributed by atoms with Crippen molar-refractivity contribution in [1.29, 1.82) is 0 Å². The van der Waals surface area contributed by atoms with Crippen molar-refractivity contribution in [2.45, 2.75) is 12.8 Å². The quantitative estimate of drug-likeness (QED) is 0.324. The van der Waals surface area contributed by atoms with Gasteiger partial charge in [0.1, 0.15) is 5.82 Å². The summed E-state index contributed by atoms with van der Waals surface area (Å²) in [5, 5.41) is 10.6. The van der Waals surface area contributed by atoms with Crippen LogP contribution in [-0.4, -0.2) is 27.5 Å². The van der Waals surface area contributed by atoms with Crippen molar-refractivity contribution in [1.82, 2.24) is 9.97 Å². The fourth-order valence-corrected chi connectivity index (χ4v) is 2.33. The summed E-state index contributed by atoms with van der Waals surface area (Å²) in [5.74, 6) is 0.358. The monoisotopic (exact) mass is 325 g/mol. The molecule has 1 N–H and O–H groups in total. The van der Waals surface area contributed by atoms with Crippen molar-refractivity contribution in [3.05, 3.63) is 70.0 Å². The first-order chi connectivity index (χ1) is 11.6. The molecule has 0 atom stereocenters. The maximum Gasteiger partial charge on any atom is 0.338 e.